The van der Waals surface area contributed by atoms with Gasteiger partial charge in [0.1, 0.15) is 5.82 Å². The quantitative estimate of drug-likeness (QED) is 0.771. The molecule has 1 aromatic heterocycles. The first kappa shape index (κ1) is 10.4. The van der Waals surface area contributed by atoms with Gasteiger partial charge < -0.3 is 10.7 Å². The molecule has 1 aliphatic carbocycles. The number of nitrogens with two attached hydrogens (primary N) is 1. The molecule has 0 bridgehead atoms. The predicted octanol–water partition coefficient (Wildman–Crippen LogP) is 1.24. The van der Waals surface area contributed by atoms with Gasteiger partial charge in [-0.1, -0.05) is 12.8 Å². The van der Waals surface area contributed by atoms with Crippen molar-refractivity contribution < 1.29 is 0 Å². The van der Waals surface area contributed by atoms with Crippen LogP contribution in [0.3, 0.4) is 0 Å². The molecule has 1 aromatic rings. The van der Waals surface area contributed by atoms with Gasteiger partial charge >= 0.3 is 0 Å². The molecular formula is C11H15N3OS. The molecule has 1 saturated carbocycles. The number of thioether (sulfide) groups is 1. The van der Waals surface area contributed by atoms with Crippen molar-refractivity contribution in [2.24, 2.45) is 5.73 Å². The molecule has 1 aliphatic heterocycles. The Hall–Kier alpha value is -0.810. The highest BCUT2D eigenvalue weighted by atomic mass is 32.2. The Morgan fingerprint density at radius 3 is 2.81 bits per heavy atom. The van der Waals surface area contributed by atoms with Crippen molar-refractivity contribution in [2.75, 3.05) is 0 Å². The molecule has 0 spiro atoms. The molecule has 3 rings (SSSR count). The standard InChI is InChI=1S/C11H15N3OS/c12-11(3-1-2-4-11)10-13-8-6-16-5-7(8)9(15)14-10/h1-6,12H2,(H,13,14,15). The van der Waals surface area contributed by atoms with E-state index in [0.717, 1.165) is 48.4 Å². The van der Waals surface area contributed by atoms with Crippen LogP contribution in [0.15, 0.2) is 4.79 Å². The molecule has 1 fully saturated rings. The molecule has 2 aliphatic rings. The van der Waals surface area contributed by atoms with Gasteiger partial charge in [0.25, 0.3) is 5.56 Å². The van der Waals surface area contributed by atoms with Crippen LogP contribution in [-0.4, -0.2) is 9.97 Å². The summed E-state index contributed by atoms with van der Waals surface area (Å²) in [6.07, 6.45) is 4.13. The third kappa shape index (κ3) is 1.50. The van der Waals surface area contributed by atoms with E-state index in [-0.39, 0.29) is 11.1 Å². The van der Waals surface area contributed by atoms with E-state index < -0.39 is 0 Å². The van der Waals surface area contributed by atoms with E-state index in [0.29, 0.717) is 5.82 Å². The van der Waals surface area contributed by atoms with E-state index >= 15 is 0 Å². The first-order valence-corrected chi connectivity index (χ1v) is 6.84. The second-order valence-electron chi connectivity index (χ2n) is 4.70. The van der Waals surface area contributed by atoms with Crippen LogP contribution in [0, 0.1) is 0 Å². The van der Waals surface area contributed by atoms with Gasteiger partial charge in [-0.25, -0.2) is 4.98 Å². The van der Waals surface area contributed by atoms with Gasteiger partial charge in [0, 0.05) is 17.1 Å². The molecule has 86 valence electrons. The van der Waals surface area contributed by atoms with Gasteiger partial charge in [0.15, 0.2) is 0 Å². The number of fused-ring (bicyclic) bond motifs is 1. The van der Waals surface area contributed by atoms with Gasteiger partial charge in [-0.2, -0.15) is 11.8 Å². The smallest absolute Gasteiger partial charge is 0.255 e. The van der Waals surface area contributed by atoms with Crippen molar-refractivity contribution in [1.82, 2.24) is 9.97 Å². The van der Waals surface area contributed by atoms with Crippen molar-refractivity contribution in [3.05, 3.63) is 27.4 Å². The number of hydrogen-bond donors (Lipinski definition) is 2. The van der Waals surface area contributed by atoms with Crippen LogP contribution in [0.2, 0.25) is 0 Å². The highest BCUT2D eigenvalue weighted by Gasteiger charge is 2.34. The lowest BCUT2D eigenvalue weighted by Gasteiger charge is -2.22. The van der Waals surface area contributed by atoms with Crippen LogP contribution in [0.25, 0.3) is 0 Å². The monoisotopic (exact) mass is 237 g/mol. The van der Waals surface area contributed by atoms with Crippen LogP contribution in [0.1, 0.15) is 42.8 Å². The van der Waals surface area contributed by atoms with Crippen LogP contribution in [0.4, 0.5) is 0 Å². The van der Waals surface area contributed by atoms with Gasteiger partial charge in [0.05, 0.1) is 11.2 Å². The highest BCUT2D eigenvalue weighted by Crippen LogP contribution is 2.35. The Bertz CT molecular complexity index is 477. The number of H-pyrrole nitrogens is 1. The number of nitrogens with zero attached hydrogens (tertiary/aromatic N) is 1. The van der Waals surface area contributed by atoms with Crippen molar-refractivity contribution >= 4 is 11.8 Å². The van der Waals surface area contributed by atoms with Crippen LogP contribution in [-0.2, 0) is 17.0 Å². The molecule has 0 radical (unpaired) electrons. The topological polar surface area (TPSA) is 71.8 Å². The Balaban J connectivity index is 2.09. The number of nitrogens with one attached hydrogen (secondary N) is 1. The molecule has 4 nitrogen and oxygen atoms in total. The van der Waals surface area contributed by atoms with Crippen molar-refractivity contribution in [3.8, 4) is 0 Å². The van der Waals surface area contributed by atoms with Gasteiger partial charge in [-0.05, 0) is 12.8 Å². The lowest BCUT2D eigenvalue weighted by Crippen LogP contribution is -2.37. The van der Waals surface area contributed by atoms with Gasteiger partial charge in [-0.15, -0.1) is 0 Å². The summed E-state index contributed by atoms with van der Waals surface area (Å²) in [5.41, 5.74) is 7.72. The zero-order valence-electron chi connectivity index (χ0n) is 9.08. The zero-order valence-corrected chi connectivity index (χ0v) is 9.90. The number of hydrogen-bond acceptors (Lipinski definition) is 4. The third-order valence-corrected chi connectivity index (χ3v) is 4.52. The fourth-order valence-electron chi connectivity index (χ4n) is 2.54. The number of rotatable bonds is 1. The summed E-state index contributed by atoms with van der Waals surface area (Å²) in [6.45, 7) is 0. The van der Waals surface area contributed by atoms with Crippen LogP contribution in [0.5, 0.6) is 0 Å². The minimum atomic E-state index is -0.387. The average molecular weight is 237 g/mol. The molecule has 0 unspecified atom stereocenters. The maximum absolute atomic E-state index is 11.9. The summed E-state index contributed by atoms with van der Waals surface area (Å²) < 4.78 is 0. The van der Waals surface area contributed by atoms with Crippen molar-refractivity contribution in [3.63, 3.8) is 0 Å². The third-order valence-electron chi connectivity index (χ3n) is 3.55. The molecule has 0 amide bonds. The van der Waals surface area contributed by atoms with Crippen molar-refractivity contribution in [2.45, 2.75) is 42.7 Å². The summed E-state index contributed by atoms with van der Waals surface area (Å²) in [7, 11) is 0. The molecule has 3 N–H and O–H groups in total. The summed E-state index contributed by atoms with van der Waals surface area (Å²) in [5.74, 6) is 2.34. The number of aromatic nitrogens is 2. The van der Waals surface area contributed by atoms with Crippen LogP contribution >= 0.6 is 11.8 Å². The second kappa shape index (κ2) is 3.60. The molecule has 0 aromatic carbocycles. The first-order chi connectivity index (χ1) is 7.69. The van der Waals surface area contributed by atoms with E-state index in [2.05, 4.69) is 9.97 Å². The van der Waals surface area contributed by atoms with Crippen molar-refractivity contribution in [1.29, 1.82) is 0 Å². The van der Waals surface area contributed by atoms with E-state index in [9.17, 15) is 4.79 Å². The van der Waals surface area contributed by atoms with E-state index in [4.69, 9.17) is 5.73 Å². The minimum absolute atomic E-state index is 0.0155. The van der Waals surface area contributed by atoms with E-state index in [1.807, 2.05) is 0 Å². The van der Waals surface area contributed by atoms with Gasteiger partial charge in [-0.3, -0.25) is 4.79 Å². The van der Waals surface area contributed by atoms with E-state index in [1.165, 1.54) is 0 Å². The maximum Gasteiger partial charge on any atom is 0.255 e. The minimum Gasteiger partial charge on any atom is -0.319 e. The summed E-state index contributed by atoms with van der Waals surface area (Å²) >= 11 is 1.74. The SMILES string of the molecule is NC1(c2nc3c(c(=O)[nH]2)CSC3)CCCC1. The molecule has 2 heterocycles. The lowest BCUT2D eigenvalue weighted by molar-refractivity contribution is 0.428. The molecular weight excluding hydrogens is 222 g/mol. The molecule has 0 saturated heterocycles. The fourth-order valence-corrected chi connectivity index (χ4v) is 3.58. The second-order valence-corrected chi connectivity index (χ2v) is 5.68. The maximum atomic E-state index is 11.9. The Morgan fingerprint density at radius 1 is 1.31 bits per heavy atom. The van der Waals surface area contributed by atoms with Gasteiger partial charge in [0.2, 0.25) is 0 Å². The lowest BCUT2D eigenvalue weighted by atomic mass is 9.98. The predicted molar refractivity (Wildman–Crippen MR) is 64.2 cm³/mol. The molecule has 16 heavy (non-hydrogen) atoms. The average Bonchev–Trinajstić information content (AvgIpc) is 2.86. The summed E-state index contributed by atoms with van der Waals surface area (Å²) in [6, 6.07) is 0. The molecule has 0 atom stereocenters. The van der Waals surface area contributed by atoms with E-state index in [1.54, 1.807) is 11.8 Å². The number of aromatic amines is 1. The fraction of sp³-hybridized carbons (Fsp3) is 0.636. The molecule has 5 heteroatoms. The summed E-state index contributed by atoms with van der Waals surface area (Å²) in [5, 5.41) is 0. The van der Waals surface area contributed by atoms with Crippen LogP contribution < -0.4 is 11.3 Å². The Labute approximate surface area is 98.0 Å². The highest BCUT2D eigenvalue weighted by molar-refractivity contribution is 7.98. The normalized spacial score (nSPS) is 22.3. The Morgan fingerprint density at radius 2 is 2.06 bits per heavy atom. The first-order valence-electron chi connectivity index (χ1n) is 5.68. The zero-order chi connectivity index (χ0) is 11.2. The summed E-state index contributed by atoms with van der Waals surface area (Å²) in [4.78, 5) is 19.3. The largest absolute Gasteiger partial charge is 0.319 e. The Kier molecular flexibility index (Phi) is 2.33.